The highest BCUT2D eigenvalue weighted by Crippen LogP contribution is 2.28. The molecule has 0 spiro atoms. The summed E-state index contributed by atoms with van der Waals surface area (Å²) in [4.78, 5) is 14.0. The number of carbonyl (C=O) groups is 1. The fourth-order valence-corrected chi connectivity index (χ4v) is 1.79. The van der Waals surface area contributed by atoms with E-state index in [1.165, 1.54) is 12.8 Å². The van der Waals surface area contributed by atoms with Gasteiger partial charge in [0.25, 0.3) is 0 Å². The molecule has 1 amide bonds. The van der Waals surface area contributed by atoms with Gasteiger partial charge in [-0.25, -0.2) is 0 Å². The number of nitrogens with zero attached hydrogens (tertiary/aromatic N) is 1. The lowest BCUT2D eigenvalue weighted by Gasteiger charge is -2.27. The van der Waals surface area contributed by atoms with Crippen molar-refractivity contribution in [3.63, 3.8) is 0 Å². The van der Waals surface area contributed by atoms with Crippen LogP contribution in [-0.2, 0) is 4.79 Å². The molecule has 1 aliphatic carbocycles. The van der Waals surface area contributed by atoms with Gasteiger partial charge in [-0.1, -0.05) is 6.92 Å². The van der Waals surface area contributed by atoms with Crippen LogP contribution in [0.15, 0.2) is 0 Å². The monoisotopic (exact) mass is 213 g/mol. The lowest BCUT2D eigenvalue weighted by atomic mass is 10.2. The number of amides is 1. The molecule has 15 heavy (non-hydrogen) atoms. The molecule has 88 valence electrons. The van der Waals surface area contributed by atoms with Crippen molar-refractivity contribution in [2.45, 2.75) is 45.2 Å². The van der Waals surface area contributed by atoms with E-state index in [9.17, 15) is 4.79 Å². The normalized spacial score (nSPS) is 17.9. The smallest absolute Gasteiger partial charge is 0.237 e. The summed E-state index contributed by atoms with van der Waals surface area (Å²) in [6, 6.07) is 0.559. The first-order valence-electron chi connectivity index (χ1n) is 5.94. The Bertz CT molecular complexity index is 204. The molecule has 0 bridgehead atoms. The molecule has 1 unspecified atom stereocenters. The zero-order valence-electron chi connectivity index (χ0n) is 9.83. The number of hydrogen-bond acceptors (Lipinski definition) is 3. The van der Waals surface area contributed by atoms with Crippen molar-refractivity contribution in [2.24, 2.45) is 5.73 Å². The third kappa shape index (κ3) is 3.80. The predicted octanol–water partition coefficient (Wildman–Crippen LogP) is 0.324. The van der Waals surface area contributed by atoms with Crippen LogP contribution in [0.5, 0.6) is 0 Å². The van der Waals surface area contributed by atoms with Crippen LogP contribution in [0.2, 0.25) is 0 Å². The van der Waals surface area contributed by atoms with Crippen molar-refractivity contribution in [3.05, 3.63) is 0 Å². The zero-order chi connectivity index (χ0) is 11.3. The molecule has 0 radical (unpaired) electrons. The number of nitrogens with two attached hydrogens (primary N) is 1. The Kier molecular flexibility index (Phi) is 5.05. The van der Waals surface area contributed by atoms with Gasteiger partial charge in [0, 0.05) is 25.7 Å². The van der Waals surface area contributed by atoms with Crippen LogP contribution in [0, 0.1) is 0 Å². The highest BCUT2D eigenvalue weighted by Gasteiger charge is 2.34. The standard InChI is InChI=1S/C11H23N3O/c1-3-7-13-11(15)9(2)14(8-6-12)10-4-5-10/h9-10H,3-8,12H2,1-2H3,(H,13,15). The van der Waals surface area contributed by atoms with Crippen molar-refractivity contribution in [3.8, 4) is 0 Å². The van der Waals surface area contributed by atoms with E-state index < -0.39 is 0 Å². The van der Waals surface area contributed by atoms with Gasteiger partial charge in [-0.2, -0.15) is 0 Å². The zero-order valence-corrected chi connectivity index (χ0v) is 9.83. The van der Waals surface area contributed by atoms with Crippen molar-refractivity contribution in [1.82, 2.24) is 10.2 Å². The summed E-state index contributed by atoms with van der Waals surface area (Å²) in [5.74, 6) is 0.136. The molecule has 4 heteroatoms. The minimum atomic E-state index is -0.0346. The first-order chi connectivity index (χ1) is 7.20. The van der Waals surface area contributed by atoms with E-state index in [1.54, 1.807) is 0 Å². The summed E-state index contributed by atoms with van der Waals surface area (Å²) < 4.78 is 0. The highest BCUT2D eigenvalue weighted by molar-refractivity contribution is 5.81. The molecular weight excluding hydrogens is 190 g/mol. The molecule has 1 aliphatic rings. The lowest BCUT2D eigenvalue weighted by Crippen LogP contribution is -2.48. The summed E-state index contributed by atoms with van der Waals surface area (Å²) in [6.45, 7) is 6.25. The second-order valence-corrected chi connectivity index (χ2v) is 4.22. The molecule has 1 atom stereocenters. The minimum absolute atomic E-state index is 0.0346. The van der Waals surface area contributed by atoms with Crippen molar-refractivity contribution in [1.29, 1.82) is 0 Å². The molecule has 4 nitrogen and oxygen atoms in total. The van der Waals surface area contributed by atoms with Gasteiger partial charge in [0.1, 0.15) is 0 Å². The topological polar surface area (TPSA) is 58.4 Å². The maximum atomic E-state index is 11.8. The van der Waals surface area contributed by atoms with E-state index in [0.717, 1.165) is 19.5 Å². The summed E-state index contributed by atoms with van der Waals surface area (Å²) in [5, 5.41) is 2.93. The number of nitrogens with one attached hydrogen (secondary N) is 1. The van der Waals surface area contributed by atoms with Gasteiger partial charge in [0.05, 0.1) is 6.04 Å². The second kappa shape index (κ2) is 6.08. The quantitative estimate of drug-likeness (QED) is 0.640. The predicted molar refractivity (Wildman–Crippen MR) is 61.5 cm³/mol. The fourth-order valence-electron chi connectivity index (χ4n) is 1.79. The summed E-state index contributed by atoms with van der Waals surface area (Å²) in [7, 11) is 0. The molecule has 1 fully saturated rings. The maximum absolute atomic E-state index is 11.8. The van der Waals surface area contributed by atoms with Crippen molar-refractivity contribution < 1.29 is 4.79 Å². The van der Waals surface area contributed by atoms with E-state index in [-0.39, 0.29) is 11.9 Å². The van der Waals surface area contributed by atoms with Crippen LogP contribution in [-0.4, -0.2) is 42.5 Å². The summed E-state index contributed by atoms with van der Waals surface area (Å²) in [5.41, 5.74) is 5.56. The van der Waals surface area contributed by atoms with Gasteiger partial charge in [0.15, 0.2) is 0 Å². The lowest BCUT2D eigenvalue weighted by molar-refractivity contribution is -0.126. The SMILES string of the molecule is CCCNC(=O)C(C)N(CCN)C1CC1. The van der Waals surface area contributed by atoms with Crippen molar-refractivity contribution in [2.75, 3.05) is 19.6 Å². The average Bonchev–Trinajstić information content (AvgIpc) is 3.05. The third-order valence-corrected chi connectivity index (χ3v) is 2.83. The van der Waals surface area contributed by atoms with E-state index in [0.29, 0.717) is 12.6 Å². The van der Waals surface area contributed by atoms with Gasteiger partial charge in [-0.15, -0.1) is 0 Å². The van der Waals surface area contributed by atoms with Crippen LogP contribution in [0.25, 0.3) is 0 Å². The first-order valence-corrected chi connectivity index (χ1v) is 5.94. The first kappa shape index (κ1) is 12.5. The van der Waals surface area contributed by atoms with Gasteiger partial charge in [-0.3, -0.25) is 9.69 Å². The average molecular weight is 213 g/mol. The molecule has 0 aromatic heterocycles. The fraction of sp³-hybridized carbons (Fsp3) is 0.909. The minimum Gasteiger partial charge on any atom is -0.355 e. The Morgan fingerprint density at radius 2 is 2.27 bits per heavy atom. The molecule has 3 N–H and O–H groups in total. The summed E-state index contributed by atoms with van der Waals surface area (Å²) in [6.07, 6.45) is 3.41. The highest BCUT2D eigenvalue weighted by atomic mass is 16.2. The second-order valence-electron chi connectivity index (χ2n) is 4.22. The van der Waals surface area contributed by atoms with Crippen LogP contribution in [0.3, 0.4) is 0 Å². The van der Waals surface area contributed by atoms with Crippen LogP contribution >= 0.6 is 0 Å². The van der Waals surface area contributed by atoms with Gasteiger partial charge < -0.3 is 11.1 Å². The Morgan fingerprint density at radius 1 is 1.60 bits per heavy atom. The van der Waals surface area contributed by atoms with E-state index in [1.807, 2.05) is 6.92 Å². The Labute approximate surface area is 92.2 Å². The Hall–Kier alpha value is -0.610. The molecule has 0 heterocycles. The molecule has 0 aromatic carbocycles. The van der Waals surface area contributed by atoms with E-state index in [2.05, 4.69) is 17.1 Å². The number of rotatable bonds is 7. The van der Waals surface area contributed by atoms with Gasteiger partial charge in [0.2, 0.25) is 5.91 Å². The molecule has 0 saturated heterocycles. The van der Waals surface area contributed by atoms with E-state index in [4.69, 9.17) is 5.73 Å². The van der Waals surface area contributed by atoms with Crippen LogP contribution in [0.1, 0.15) is 33.1 Å². The van der Waals surface area contributed by atoms with Crippen molar-refractivity contribution >= 4 is 5.91 Å². The molecule has 0 aromatic rings. The summed E-state index contributed by atoms with van der Waals surface area (Å²) >= 11 is 0. The van der Waals surface area contributed by atoms with Crippen LogP contribution in [0.4, 0.5) is 0 Å². The number of carbonyl (C=O) groups excluding carboxylic acids is 1. The maximum Gasteiger partial charge on any atom is 0.237 e. The van der Waals surface area contributed by atoms with Crippen LogP contribution < -0.4 is 11.1 Å². The van der Waals surface area contributed by atoms with Gasteiger partial charge in [-0.05, 0) is 26.2 Å². The Balaban J connectivity index is 2.39. The van der Waals surface area contributed by atoms with E-state index >= 15 is 0 Å². The molecule has 1 rings (SSSR count). The Morgan fingerprint density at radius 3 is 2.73 bits per heavy atom. The molecular formula is C11H23N3O. The van der Waals surface area contributed by atoms with Gasteiger partial charge >= 0.3 is 0 Å². The largest absolute Gasteiger partial charge is 0.355 e. The number of hydrogen-bond donors (Lipinski definition) is 2. The third-order valence-electron chi connectivity index (χ3n) is 2.83. The molecule has 1 saturated carbocycles. The molecule has 0 aliphatic heterocycles.